The number of carboxylic acids is 1. The lowest BCUT2D eigenvalue weighted by molar-refractivity contribution is 0.0696. The molecule has 1 aliphatic heterocycles. The summed E-state index contributed by atoms with van der Waals surface area (Å²) in [6, 6.07) is 18.0. The number of methoxy groups -OCH3 is 1. The summed E-state index contributed by atoms with van der Waals surface area (Å²) in [5, 5.41) is 13.0. The average molecular weight is 450 g/mol. The average Bonchev–Trinajstić information content (AvgIpc) is 2.82. The molecule has 0 bridgehead atoms. The van der Waals surface area contributed by atoms with Gasteiger partial charge in [-0.05, 0) is 67.3 Å². The molecule has 1 aliphatic rings. The fraction of sp³-hybridized carbons (Fsp3) is 0.296. The van der Waals surface area contributed by atoms with Crippen LogP contribution in [0.3, 0.4) is 0 Å². The predicted octanol–water partition coefficient (Wildman–Crippen LogP) is 5.47. The van der Waals surface area contributed by atoms with Gasteiger partial charge < -0.3 is 19.9 Å². The van der Waals surface area contributed by atoms with Crippen molar-refractivity contribution in [2.24, 2.45) is 0 Å². The third-order valence-electron chi connectivity index (χ3n) is 6.32. The van der Waals surface area contributed by atoms with E-state index in [9.17, 15) is 14.3 Å². The van der Waals surface area contributed by atoms with E-state index in [0.29, 0.717) is 13.0 Å². The minimum atomic E-state index is -0.932. The van der Waals surface area contributed by atoms with Crippen LogP contribution >= 0.6 is 0 Å². The molecule has 0 fully saturated rings. The summed E-state index contributed by atoms with van der Waals surface area (Å²) in [5.74, 6) is -0.252. The quantitative estimate of drug-likeness (QED) is 0.500. The molecule has 3 aromatic rings. The third kappa shape index (κ3) is 4.86. The summed E-state index contributed by atoms with van der Waals surface area (Å²) in [6.45, 7) is 4.61. The summed E-state index contributed by atoms with van der Waals surface area (Å²) in [7, 11) is 1.45. The number of aromatic carboxylic acids is 1. The number of para-hydroxylation sites is 1. The fourth-order valence-corrected chi connectivity index (χ4v) is 4.43. The van der Waals surface area contributed by atoms with Crippen LogP contribution in [0.2, 0.25) is 0 Å². The molecule has 5 nitrogen and oxygen atoms in total. The van der Waals surface area contributed by atoms with Gasteiger partial charge in [-0.3, -0.25) is 0 Å². The van der Waals surface area contributed by atoms with Gasteiger partial charge in [0.15, 0.2) is 11.6 Å². The predicted molar refractivity (Wildman–Crippen MR) is 125 cm³/mol. The van der Waals surface area contributed by atoms with Gasteiger partial charge >= 0.3 is 5.97 Å². The highest BCUT2D eigenvalue weighted by Crippen LogP contribution is 2.41. The Bertz CT molecular complexity index is 1160. The number of halogens is 1. The largest absolute Gasteiger partial charge is 0.494 e. The molecule has 0 saturated heterocycles. The van der Waals surface area contributed by atoms with E-state index in [0.717, 1.165) is 28.0 Å². The van der Waals surface area contributed by atoms with Crippen LogP contribution in [0.15, 0.2) is 60.7 Å². The van der Waals surface area contributed by atoms with Gasteiger partial charge in [0.2, 0.25) is 0 Å². The molecule has 33 heavy (non-hydrogen) atoms. The van der Waals surface area contributed by atoms with Crippen LogP contribution in [0.4, 0.5) is 4.39 Å². The maximum atomic E-state index is 13.8. The molecule has 1 heterocycles. The minimum absolute atomic E-state index is 0.0299. The number of nitrogens with one attached hydrogen (secondary N) is 1. The summed E-state index contributed by atoms with van der Waals surface area (Å²) < 4.78 is 25.2. The molecule has 3 atom stereocenters. The van der Waals surface area contributed by atoms with Gasteiger partial charge in [0, 0.05) is 24.1 Å². The molecule has 3 aromatic carbocycles. The number of ether oxygens (including phenoxy) is 2. The summed E-state index contributed by atoms with van der Waals surface area (Å²) >= 11 is 0. The minimum Gasteiger partial charge on any atom is -0.494 e. The van der Waals surface area contributed by atoms with Crippen LogP contribution in [0.1, 0.15) is 57.9 Å². The zero-order valence-corrected chi connectivity index (χ0v) is 19.0. The fourth-order valence-electron chi connectivity index (χ4n) is 4.43. The zero-order chi connectivity index (χ0) is 23.5. The monoisotopic (exact) mass is 449 g/mol. The Morgan fingerprint density at radius 1 is 1.18 bits per heavy atom. The second-order valence-corrected chi connectivity index (χ2v) is 8.47. The van der Waals surface area contributed by atoms with Crippen molar-refractivity contribution in [3.8, 4) is 11.5 Å². The van der Waals surface area contributed by atoms with Crippen LogP contribution in [0, 0.1) is 12.7 Å². The molecule has 0 amide bonds. The van der Waals surface area contributed by atoms with Gasteiger partial charge in [-0.2, -0.15) is 0 Å². The molecular weight excluding hydrogens is 421 g/mol. The van der Waals surface area contributed by atoms with Crippen LogP contribution in [0.5, 0.6) is 11.5 Å². The van der Waals surface area contributed by atoms with Crippen molar-refractivity contribution in [3.63, 3.8) is 0 Å². The number of fused-ring (bicyclic) bond motifs is 1. The lowest BCUT2D eigenvalue weighted by Gasteiger charge is -2.34. The van der Waals surface area contributed by atoms with Gasteiger partial charge in [-0.25, -0.2) is 9.18 Å². The van der Waals surface area contributed by atoms with Crippen LogP contribution in [-0.4, -0.2) is 30.8 Å². The summed E-state index contributed by atoms with van der Waals surface area (Å²) in [6.07, 6.45) is 0.607. The molecular formula is C27H28FNO4. The zero-order valence-electron chi connectivity index (χ0n) is 19.0. The molecule has 0 spiro atoms. The van der Waals surface area contributed by atoms with Gasteiger partial charge in [0.05, 0.1) is 12.7 Å². The molecule has 2 N–H and O–H groups in total. The number of carboxylic acid groups (broad SMARTS) is 1. The maximum Gasteiger partial charge on any atom is 0.335 e. The summed E-state index contributed by atoms with van der Waals surface area (Å²) in [4.78, 5) is 11.6. The Kier molecular flexibility index (Phi) is 6.65. The highest BCUT2D eigenvalue weighted by molar-refractivity contribution is 5.88. The molecule has 172 valence electrons. The number of aryl methyl sites for hydroxylation is 1. The molecule has 0 aliphatic carbocycles. The van der Waals surface area contributed by atoms with Crippen molar-refractivity contribution < 1.29 is 23.8 Å². The lowest BCUT2D eigenvalue weighted by Crippen LogP contribution is -2.37. The van der Waals surface area contributed by atoms with Crippen LogP contribution in [-0.2, 0) is 0 Å². The van der Waals surface area contributed by atoms with E-state index in [1.54, 1.807) is 24.3 Å². The second-order valence-electron chi connectivity index (χ2n) is 8.47. The Morgan fingerprint density at radius 3 is 2.73 bits per heavy atom. The van der Waals surface area contributed by atoms with Crippen molar-refractivity contribution in [1.82, 2.24) is 5.32 Å². The SMILES string of the molecule is COc1cc([C@@H](C)NC[C@H]2C[C@@H](c3cc(C(=O)O)ccc3C)c3ccccc3O2)ccc1F. The number of carbonyl (C=O) groups is 1. The number of hydrogen-bond donors (Lipinski definition) is 2. The Labute approximate surface area is 193 Å². The smallest absolute Gasteiger partial charge is 0.335 e. The molecule has 0 saturated carbocycles. The van der Waals surface area contributed by atoms with E-state index >= 15 is 0 Å². The standard InChI is InChI=1S/C27H28FNO4/c1-16-8-9-19(27(30)31)12-22(16)23-14-20(33-25-7-5-4-6-21(23)25)15-29-17(2)18-10-11-24(28)26(13-18)32-3/h4-13,17,20,23,29H,14-15H2,1-3H3,(H,30,31)/t17-,20-,23-/m1/s1. The van der Waals surface area contributed by atoms with E-state index in [4.69, 9.17) is 9.47 Å². The van der Waals surface area contributed by atoms with E-state index in [-0.39, 0.29) is 35.2 Å². The van der Waals surface area contributed by atoms with Crippen LogP contribution in [0.25, 0.3) is 0 Å². The van der Waals surface area contributed by atoms with Crippen molar-refractivity contribution in [3.05, 3.63) is 94.3 Å². The molecule has 0 radical (unpaired) electrons. The van der Waals surface area contributed by atoms with E-state index in [1.807, 2.05) is 44.2 Å². The van der Waals surface area contributed by atoms with Crippen molar-refractivity contribution in [1.29, 1.82) is 0 Å². The van der Waals surface area contributed by atoms with E-state index < -0.39 is 5.97 Å². The first kappa shape index (κ1) is 22.8. The topological polar surface area (TPSA) is 67.8 Å². The first-order valence-electron chi connectivity index (χ1n) is 11.0. The second kappa shape index (κ2) is 9.63. The van der Waals surface area contributed by atoms with Crippen LogP contribution < -0.4 is 14.8 Å². The van der Waals surface area contributed by atoms with E-state index in [2.05, 4.69) is 5.32 Å². The Morgan fingerprint density at radius 2 is 1.97 bits per heavy atom. The highest BCUT2D eigenvalue weighted by atomic mass is 19.1. The maximum absolute atomic E-state index is 13.8. The van der Waals surface area contributed by atoms with Gasteiger partial charge in [-0.1, -0.05) is 30.3 Å². The summed E-state index contributed by atoms with van der Waals surface area (Å²) in [5.41, 5.74) is 4.34. The molecule has 4 rings (SSSR count). The van der Waals surface area contributed by atoms with Gasteiger partial charge in [0.25, 0.3) is 0 Å². The first-order chi connectivity index (χ1) is 15.9. The molecule has 0 unspecified atom stereocenters. The van der Waals surface area contributed by atoms with Gasteiger partial charge in [-0.15, -0.1) is 0 Å². The Hall–Kier alpha value is -3.38. The van der Waals surface area contributed by atoms with Crippen molar-refractivity contribution >= 4 is 5.97 Å². The number of hydrogen-bond acceptors (Lipinski definition) is 4. The third-order valence-corrected chi connectivity index (χ3v) is 6.32. The number of rotatable bonds is 7. The molecule has 0 aromatic heterocycles. The number of benzene rings is 3. The molecule has 6 heteroatoms. The van der Waals surface area contributed by atoms with Gasteiger partial charge in [0.1, 0.15) is 11.9 Å². The lowest BCUT2D eigenvalue weighted by atomic mass is 9.81. The van der Waals surface area contributed by atoms with Crippen molar-refractivity contribution in [2.45, 2.75) is 38.3 Å². The first-order valence-corrected chi connectivity index (χ1v) is 11.0. The van der Waals surface area contributed by atoms with E-state index in [1.165, 1.54) is 13.2 Å². The van der Waals surface area contributed by atoms with Crippen molar-refractivity contribution in [2.75, 3.05) is 13.7 Å². The Balaban J connectivity index is 1.56. The highest BCUT2D eigenvalue weighted by Gasteiger charge is 2.30. The normalized spacial score (nSPS) is 18.2.